The second-order valence-electron chi connectivity index (χ2n) is 7.67. The minimum Gasteiger partial charge on any atom is -0.487 e. The number of hydrogen-bond acceptors (Lipinski definition) is 7. The molecule has 2 N–H and O–H groups in total. The van der Waals surface area contributed by atoms with Crippen molar-refractivity contribution in [2.75, 3.05) is 6.61 Å². The number of aromatic nitrogens is 2. The number of rotatable bonds is 9. The van der Waals surface area contributed by atoms with Gasteiger partial charge in [0.25, 0.3) is 0 Å². The standard InChI is InChI=1S/C27H22ClN3O5/c1-17(5-4-14-34-27(33)22-7-3-2-6-21(22)26(29)32)35-19-9-11-20(12-10-19)36-25-16-30-24-15-18(28)8-13-23(24)31-25/h2-13,15-17H,14H2,1H3,(H2,29,32). The number of nitrogens with two attached hydrogens (primary N) is 1. The summed E-state index contributed by atoms with van der Waals surface area (Å²) < 4.78 is 16.8. The zero-order valence-electron chi connectivity index (χ0n) is 19.3. The molecule has 0 saturated heterocycles. The summed E-state index contributed by atoms with van der Waals surface area (Å²) in [5.74, 6) is 0.260. The first-order valence-corrected chi connectivity index (χ1v) is 11.4. The highest BCUT2D eigenvalue weighted by atomic mass is 35.5. The summed E-state index contributed by atoms with van der Waals surface area (Å²) >= 11 is 5.98. The van der Waals surface area contributed by atoms with E-state index in [4.69, 9.17) is 31.5 Å². The number of carbonyl (C=O) groups excluding carboxylic acids is 2. The Kier molecular flexibility index (Phi) is 7.77. The van der Waals surface area contributed by atoms with Gasteiger partial charge in [-0.1, -0.05) is 23.7 Å². The average Bonchev–Trinajstić information content (AvgIpc) is 2.87. The van der Waals surface area contributed by atoms with Crippen molar-refractivity contribution >= 4 is 34.5 Å². The van der Waals surface area contributed by atoms with Gasteiger partial charge in [-0.2, -0.15) is 0 Å². The summed E-state index contributed by atoms with van der Waals surface area (Å²) in [5, 5.41) is 0.595. The van der Waals surface area contributed by atoms with Gasteiger partial charge >= 0.3 is 5.97 Å². The van der Waals surface area contributed by atoms with Gasteiger partial charge in [-0.25, -0.2) is 14.8 Å². The van der Waals surface area contributed by atoms with Gasteiger partial charge in [0.2, 0.25) is 11.8 Å². The van der Waals surface area contributed by atoms with Gasteiger partial charge in [0.1, 0.15) is 24.2 Å². The van der Waals surface area contributed by atoms with Gasteiger partial charge in [-0.05, 0) is 73.7 Å². The number of fused-ring (bicyclic) bond motifs is 1. The molecule has 0 fully saturated rings. The van der Waals surface area contributed by atoms with Crippen LogP contribution in [0.15, 0.2) is 85.1 Å². The van der Waals surface area contributed by atoms with E-state index in [2.05, 4.69) is 9.97 Å². The molecule has 0 spiro atoms. The Morgan fingerprint density at radius 3 is 2.47 bits per heavy atom. The Hall–Kier alpha value is -4.43. The van der Waals surface area contributed by atoms with Crippen LogP contribution in [0.3, 0.4) is 0 Å². The predicted octanol–water partition coefficient (Wildman–Crippen LogP) is 5.35. The zero-order valence-corrected chi connectivity index (χ0v) is 20.0. The topological polar surface area (TPSA) is 114 Å². The van der Waals surface area contributed by atoms with Crippen LogP contribution in [0.4, 0.5) is 0 Å². The van der Waals surface area contributed by atoms with Crippen LogP contribution in [0.25, 0.3) is 11.0 Å². The van der Waals surface area contributed by atoms with Gasteiger partial charge in [-0.15, -0.1) is 0 Å². The van der Waals surface area contributed by atoms with Crippen LogP contribution in [-0.4, -0.2) is 34.6 Å². The van der Waals surface area contributed by atoms with E-state index in [1.165, 1.54) is 18.3 Å². The number of ether oxygens (including phenoxy) is 3. The number of amides is 1. The van der Waals surface area contributed by atoms with Gasteiger partial charge in [0.05, 0.1) is 28.4 Å². The maximum absolute atomic E-state index is 12.2. The zero-order chi connectivity index (χ0) is 25.5. The Bertz CT molecular complexity index is 1420. The first kappa shape index (κ1) is 24.7. The lowest BCUT2D eigenvalue weighted by Gasteiger charge is -2.12. The van der Waals surface area contributed by atoms with E-state index in [1.54, 1.807) is 66.7 Å². The average molecular weight is 504 g/mol. The lowest BCUT2D eigenvalue weighted by molar-refractivity contribution is 0.0545. The third kappa shape index (κ3) is 6.37. The monoisotopic (exact) mass is 503 g/mol. The summed E-state index contributed by atoms with van der Waals surface area (Å²) in [4.78, 5) is 32.4. The summed E-state index contributed by atoms with van der Waals surface area (Å²) in [6.07, 6.45) is 4.68. The molecule has 1 amide bonds. The minimum atomic E-state index is -0.688. The Balaban J connectivity index is 1.27. The van der Waals surface area contributed by atoms with Gasteiger partial charge in [-0.3, -0.25) is 4.79 Å². The highest BCUT2D eigenvalue weighted by Crippen LogP contribution is 2.25. The van der Waals surface area contributed by atoms with E-state index < -0.39 is 11.9 Å². The number of primary amides is 1. The van der Waals surface area contributed by atoms with Crippen molar-refractivity contribution in [1.82, 2.24) is 9.97 Å². The van der Waals surface area contributed by atoms with Crippen molar-refractivity contribution in [1.29, 1.82) is 0 Å². The number of halogens is 1. The molecule has 0 saturated carbocycles. The highest BCUT2D eigenvalue weighted by Gasteiger charge is 2.15. The summed E-state index contributed by atoms with van der Waals surface area (Å²) in [7, 11) is 0. The van der Waals surface area contributed by atoms with Crippen molar-refractivity contribution in [2.24, 2.45) is 5.73 Å². The van der Waals surface area contributed by atoms with Crippen LogP contribution in [0.2, 0.25) is 5.02 Å². The minimum absolute atomic E-state index is 0.0193. The number of carbonyl (C=O) groups is 2. The number of esters is 1. The fourth-order valence-corrected chi connectivity index (χ4v) is 3.47. The van der Waals surface area contributed by atoms with Crippen molar-refractivity contribution in [3.05, 3.63) is 101 Å². The van der Waals surface area contributed by atoms with E-state index >= 15 is 0 Å². The Morgan fingerprint density at radius 1 is 1.00 bits per heavy atom. The molecule has 0 aliphatic carbocycles. The van der Waals surface area contributed by atoms with E-state index in [9.17, 15) is 9.59 Å². The molecule has 1 heterocycles. The fraction of sp³-hybridized carbons (Fsp3) is 0.111. The lowest BCUT2D eigenvalue weighted by atomic mass is 10.1. The lowest BCUT2D eigenvalue weighted by Crippen LogP contribution is -2.17. The van der Waals surface area contributed by atoms with Crippen molar-refractivity contribution in [3.8, 4) is 17.4 Å². The van der Waals surface area contributed by atoms with E-state index in [-0.39, 0.29) is 23.8 Å². The molecule has 4 aromatic rings. The van der Waals surface area contributed by atoms with E-state index in [0.29, 0.717) is 33.4 Å². The number of hydrogen-bond donors (Lipinski definition) is 1. The van der Waals surface area contributed by atoms with Crippen LogP contribution >= 0.6 is 11.6 Å². The molecule has 36 heavy (non-hydrogen) atoms. The molecular weight excluding hydrogens is 482 g/mol. The van der Waals surface area contributed by atoms with Gasteiger partial charge in [0, 0.05) is 5.02 Å². The molecule has 9 heteroatoms. The molecule has 8 nitrogen and oxygen atoms in total. The second kappa shape index (κ2) is 11.3. The molecule has 0 aliphatic heterocycles. The molecule has 4 rings (SSSR count). The quantitative estimate of drug-likeness (QED) is 0.242. The molecule has 182 valence electrons. The van der Waals surface area contributed by atoms with Crippen LogP contribution in [-0.2, 0) is 4.74 Å². The second-order valence-corrected chi connectivity index (χ2v) is 8.11. The molecule has 0 radical (unpaired) electrons. The first-order valence-electron chi connectivity index (χ1n) is 11.0. The maximum atomic E-state index is 12.2. The van der Waals surface area contributed by atoms with Crippen LogP contribution in [0.1, 0.15) is 27.6 Å². The summed E-state index contributed by atoms with van der Waals surface area (Å²) in [5.41, 5.74) is 6.91. The summed E-state index contributed by atoms with van der Waals surface area (Å²) in [6.45, 7) is 1.87. The number of nitrogens with zero attached hydrogens (tertiary/aromatic N) is 2. The van der Waals surface area contributed by atoms with Crippen LogP contribution < -0.4 is 15.2 Å². The fourth-order valence-electron chi connectivity index (χ4n) is 3.30. The molecular formula is C27H22ClN3O5. The largest absolute Gasteiger partial charge is 0.487 e. The van der Waals surface area contributed by atoms with E-state index in [0.717, 1.165) is 0 Å². The number of benzene rings is 3. The molecule has 1 aromatic heterocycles. The Labute approximate surface area is 212 Å². The van der Waals surface area contributed by atoms with Crippen molar-refractivity contribution in [3.63, 3.8) is 0 Å². The van der Waals surface area contributed by atoms with Crippen molar-refractivity contribution < 1.29 is 23.8 Å². The molecule has 1 unspecified atom stereocenters. The summed E-state index contributed by atoms with van der Waals surface area (Å²) in [6, 6.07) is 18.6. The predicted molar refractivity (Wildman–Crippen MR) is 136 cm³/mol. The van der Waals surface area contributed by atoms with Crippen LogP contribution in [0, 0.1) is 0 Å². The third-order valence-corrected chi connectivity index (χ3v) is 5.22. The third-order valence-electron chi connectivity index (χ3n) is 4.98. The molecule has 1 atom stereocenters. The maximum Gasteiger partial charge on any atom is 0.339 e. The highest BCUT2D eigenvalue weighted by molar-refractivity contribution is 6.31. The smallest absolute Gasteiger partial charge is 0.339 e. The Morgan fingerprint density at radius 2 is 1.72 bits per heavy atom. The first-order chi connectivity index (χ1) is 17.4. The van der Waals surface area contributed by atoms with Gasteiger partial charge in [0.15, 0.2) is 0 Å². The SMILES string of the molecule is CC(C=CCOC(=O)c1ccccc1C(N)=O)Oc1ccc(Oc2cnc3cc(Cl)ccc3n2)cc1. The molecule has 3 aromatic carbocycles. The molecule has 0 aliphatic rings. The van der Waals surface area contributed by atoms with Gasteiger partial charge < -0.3 is 19.9 Å². The van der Waals surface area contributed by atoms with E-state index in [1.807, 2.05) is 6.92 Å². The van der Waals surface area contributed by atoms with Crippen LogP contribution in [0.5, 0.6) is 17.4 Å². The molecule has 0 bridgehead atoms. The van der Waals surface area contributed by atoms with Crippen molar-refractivity contribution in [2.45, 2.75) is 13.0 Å². The normalized spacial score (nSPS) is 11.8.